The Morgan fingerprint density at radius 2 is 1.40 bits per heavy atom. The van der Waals surface area contributed by atoms with Crippen LogP contribution in [0.2, 0.25) is 10.0 Å². The largest absolute Gasteiger partial charge is 0.480 e. The van der Waals surface area contributed by atoms with E-state index in [1.54, 1.807) is 26.6 Å². The van der Waals surface area contributed by atoms with Crippen molar-refractivity contribution in [2.24, 2.45) is 0 Å². The van der Waals surface area contributed by atoms with Crippen molar-refractivity contribution in [1.82, 2.24) is 35.9 Å². The van der Waals surface area contributed by atoms with Gasteiger partial charge in [0.05, 0.1) is 53.6 Å². The average Bonchev–Trinajstić information content (AvgIpc) is 3.47. The highest BCUT2D eigenvalue weighted by Gasteiger charge is 2.67. The van der Waals surface area contributed by atoms with E-state index in [1.165, 1.54) is 0 Å². The summed E-state index contributed by atoms with van der Waals surface area (Å²) in [5.74, 6) is 0.863. The summed E-state index contributed by atoms with van der Waals surface area (Å²) in [4.78, 5) is 18.8. The van der Waals surface area contributed by atoms with Crippen LogP contribution in [0.3, 0.4) is 0 Å². The number of aliphatic hydroxyl groups is 1. The highest BCUT2D eigenvalue weighted by molar-refractivity contribution is 6.39. The third kappa shape index (κ3) is 6.16. The minimum absolute atomic E-state index is 0.00460. The number of nitrogens with one attached hydrogen (secondary N) is 3. The lowest BCUT2D eigenvalue weighted by Gasteiger charge is -2.68. The molecular formula is C35H37Cl2N7O3. The highest BCUT2D eigenvalue weighted by atomic mass is 35.5. The number of halogens is 2. The topological polar surface area (TPSA) is 126 Å². The molecule has 2 aromatic heterocycles. The van der Waals surface area contributed by atoms with Gasteiger partial charge >= 0.3 is 0 Å². The van der Waals surface area contributed by atoms with Gasteiger partial charge in [0.25, 0.3) is 0 Å². The SMILES string of the molecule is C=C1CC[C@@H](CNCc2ncc(-c3cccc(-c4cccc(-c5cnc(CNC67CC(O)(C6)C7)c(OC)n5)c4Cl)c3Cl)nc2OC)N1. The number of nitrogens with zero attached hydrogens (tertiary/aromatic N) is 4. The molecule has 3 aliphatic carbocycles. The van der Waals surface area contributed by atoms with Crippen molar-refractivity contribution in [2.45, 2.75) is 62.4 Å². The minimum atomic E-state index is -0.470. The molecule has 3 saturated carbocycles. The van der Waals surface area contributed by atoms with Crippen molar-refractivity contribution in [3.8, 4) is 45.4 Å². The van der Waals surface area contributed by atoms with Crippen molar-refractivity contribution in [3.63, 3.8) is 0 Å². The van der Waals surface area contributed by atoms with Gasteiger partial charge in [0.1, 0.15) is 11.4 Å². The standard InChI is InChI=1S/C35H37Cl2N7O3/c1-20-10-11-21(42-20)12-38-13-28-32(46-2)43-26(14-39-28)24-8-4-6-22(30(24)36)23-7-5-9-25(31(23)37)27-15-40-29(33(44-27)47-3)16-41-34-17-35(45,18-34)19-34/h4-9,14-15,21,38,41-42,45H,1,10-13,16-19H2,2-3H3/t21-,34?,35?/m0/s1. The van der Waals surface area contributed by atoms with Crippen LogP contribution in [-0.2, 0) is 13.1 Å². The summed E-state index contributed by atoms with van der Waals surface area (Å²) in [6, 6.07) is 11.8. The first kappa shape index (κ1) is 31.8. The van der Waals surface area contributed by atoms with Gasteiger partial charge < -0.3 is 30.5 Å². The molecule has 0 unspecified atom stereocenters. The Labute approximate surface area is 284 Å². The number of aromatic nitrogens is 4. The summed E-state index contributed by atoms with van der Waals surface area (Å²) in [5.41, 5.74) is 6.10. The van der Waals surface area contributed by atoms with E-state index in [-0.39, 0.29) is 5.54 Å². The summed E-state index contributed by atoms with van der Waals surface area (Å²) in [6.45, 7) is 5.82. The van der Waals surface area contributed by atoms with E-state index in [1.807, 2.05) is 36.4 Å². The molecular weight excluding hydrogens is 637 g/mol. The second-order valence-corrected chi connectivity index (χ2v) is 13.5. The molecule has 1 aliphatic heterocycles. The molecule has 0 amide bonds. The molecule has 1 saturated heterocycles. The molecule has 4 fully saturated rings. The Balaban J connectivity index is 1.11. The highest BCUT2D eigenvalue weighted by Crippen LogP contribution is 2.60. The van der Waals surface area contributed by atoms with E-state index in [4.69, 9.17) is 42.6 Å². The lowest BCUT2D eigenvalue weighted by atomic mass is 9.46. The maximum absolute atomic E-state index is 10.1. The smallest absolute Gasteiger partial charge is 0.237 e. The van der Waals surface area contributed by atoms with Crippen LogP contribution in [0.5, 0.6) is 11.8 Å². The molecule has 2 bridgehead atoms. The molecule has 2 aromatic carbocycles. The van der Waals surface area contributed by atoms with Crippen molar-refractivity contribution in [1.29, 1.82) is 0 Å². The Bertz CT molecular complexity index is 1830. The Morgan fingerprint density at radius 3 is 1.89 bits per heavy atom. The van der Waals surface area contributed by atoms with Gasteiger partial charge in [-0.2, -0.15) is 0 Å². The molecule has 3 heterocycles. The second kappa shape index (κ2) is 12.7. The summed E-state index contributed by atoms with van der Waals surface area (Å²) in [6.07, 6.45) is 7.82. The van der Waals surface area contributed by atoms with Crippen LogP contribution >= 0.6 is 23.2 Å². The number of benzene rings is 2. The fourth-order valence-corrected chi connectivity index (χ4v) is 7.64. The molecule has 4 aliphatic rings. The van der Waals surface area contributed by atoms with Gasteiger partial charge in [-0.3, -0.25) is 9.97 Å². The van der Waals surface area contributed by atoms with Crippen molar-refractivity contribution in [2.75, 3.05) is 20.8 Å². The van der Waals surface area contributed by atoms with E-state index < -0.39 is 5.60 Å². The van der Waals surface area contributed by atoms with Crippen LogP contribution in [0.15, 0.2) is 61.1 Å². The fraction of sp³-hybridized carbons (Fsp3) is 0.371. The molecule has 4 aromatic rings. The van der Waals surface area contributed by atoms with Gasteiger partial charge in [0, 0.05) is 59.2 Å². The Morgan fingerprint density at radius 1 is 0.872 bits per heavy atom. The number of allylic oxidation sites excluding steroid dienone is 1. The number of ether oxygens (including phenoxy) is 2. The van der Waals surface area contributed by atoms with Crippen LogP contribution in [-0.4, -0.2) is 63.0 Å². The van der Waals surface area contributed by atoms with Gasteiger partial charge in [-0.1, -0.05) is 66.2 Å². The first-order valence-corrected chi connectivity index (χ1v) is 16.5. The third-order valence-electron chi connectivity index (χ3n) is 9.37. The lowest BCUT2D eigenvalue weighted by Crippen LogP contribution is -2.77. The number of methoxy groups -OCH3 is 2. The predicted molar refractivity (Wildman–Crippen MR) is 182 cm³/mol. The maximum atomic E-state index is 10.1. The second-order valence-electron chi connectivity index (χ2n) is 12.8. The van der Waals surface area contributed by atoms with Crippen LogP contribution in [0.25, 0.3) is 33.6 Å². The molecule has 10 nitrogen and oxygen atoms in total. The number of hydrogen-bond acceptors (Lipinski definition) is 10. The molecule has 47 heavy (non-hydrogen) atoms. The molecule has 8 rings (SSSR count). The van der Waals surface area contributed by atoms with Gasteiger partial charge in [0.2, 0.25) is 11.8 Å². The summed E-state index contributed by atoms with van der Waals surface area (Å²) < 4.78 is 11.2. The first-order valence-electron chi connectivity index (χ1n) is 15.7. The normalized spacial score (nSPS) is 22.7. The van der Waals surface area contributed by atoms with E-state index >= 15 is 0 Å². The van der Waals surface area contributed by atoms with Gasteiger partial charge in [-0.25, -0.2) is 9.97 Å². The molecule has 0 radical (unpaired) electrons. The van der Waals surface area contributed by atoms with Crippen LogP contribution in [0, 0.1) is 0 Å². The summed E-state index contributed by atoms with van der Waals surface area (Å²) in [5, 5.41) is 21.4. The average molecular weight is 675 g/mol. The minimum Gasteiger partial charge on any atom is -0.480 e. The zero-order chi connectivity index (χ0) is 32.8. The van der Waals surface area contributed by atoms with Gasteiger partial charge in [-0.05, 0) is 32.1 Å². The van der Waals surface area contributed by atoms with Crippen molar-refractivity contribution < 1.29 is 14.6 Å². The molecule has 0 spiro atoms. The van der Waals surface area contributed by atoms with E-state index in [2.05, 4.69) is 32.5 Å². The zero-order valence-corrected chi connectivity index (χ0v) is 27.9. The fourth-order valence-electron chi connectivity index (χ4n) is 6.99. The summed E-state index contributed by atoms with van der Waals surface area (Å²) >= 11 is 14.1. The van der Waals surface area contributed by atoms with Crippen LogP contribution in [0.1, 0.15) is 43.5 Å². The molecule has 4 N–H and O–H groups in total. The predicted octanol–water partition coefficient (Wildman–Crippen LogP) is 5.70. The third-order valence-corrected chi connectivity index (χ3v) is 10.2. The van der Waals surface area contributed by atoms with Crippen LogP contribution in [0.4, 0.5) is 0 Å². The van der Waals surface area contributed by atoms with Crippen molar-refractivity contribution in [3.05, 3.63) is 82.5 Å². The number of rotatable bonds is 12. The Kier molecular flexibility index (Phi) is 8.57. The quantitative estimate of drug-likeness (QED) is 0.149. The molecule has 1 atom stereocenters. The monoisotopic (exact) mass is 673 g/mol. The van der Waals surface area contributed by atoms with Gasteiger partial charge in [-0.15, -0.1) is 0 Å². The van der Waals surface area contributed by atoms with E-state index in [0.717, 1.165) is 55.5 Å². The van der Waals surface area contributed by atoms with E-state index in [0.29, 0.717) is 74.8 Å². The molecule has 244 valence electrons. The van der Waals surface area contributed by atoms with Crippen LogP contribution < -0.4 is 25.4 Å². The Hall–Kier alpha value is -3.80. The van der Waals surface area contributed by atoms with Crippen molar-refractivity contribution >= 4 is 23.2 Å². The maximum Gasteiger partial charge on any atom is 0.237 e. The molecule has 12 heteroatoms. The lowest BCUT2D eigenvalue weighted by molar-refractivity contribution is -0.221. The first-order chi connectivity index (χ1) is 22.7. The number of hydrogen-bond donors (Lipinski definition) is 4. The summed E-state index contributed by atoms with van der Waals surface area (Å²) in [7, 11) is 3.17. The van der Waals surface area contributed by atoms with Gasteiger partial charge in [0.15, 0.2) is 0 Å². The van der Waals surface area contributed by atoms with E-state index in [9.17, 15) is 5.11 Å². The zero-order valence-electron chi connectivity index (χ0n) is 26.4.